The summed E-state index contributed by atoms with van der Waals surface area (Å²) in [5.74, 6) is 1.01. The zero-order valence-corrected chi connectivity index (χ0v) is 10.5. The molecule has 0 aromatic heterocycles. The van der Waals surface area contributed by atoms with E-state index >= 15 is 0 Å². The van der Waals surface area contributed by atoms with Crippen LogP contribution >= 0.6 is 15.9 Å². The van der Waals surface area contributed by atoms with Gasteiger partial charge in [0.15, 0.2) is 18.1 Å². The number of benzene rings is 1. The van der Waals surface area contributed by atoms with Crippen LogP contribution in [0.2, 0.25) is 0 Å². The second-order valence-electron chi connectivity index (χ2n) is 2.94. The number of aliphatic hydroxyl groups is 1. The van der Waals surface area contributed by atoms with Crippen molar-refractivity contribution in [3.05, 3.63) is 22.2 Å². The molecule has 1 aromatic rings. The van der Waals surface area contributed by atoms with Gasteiger partial charge in [0, 0.05) is 0 Å². The maximum atomic E-state index is 9.05. The van der Waals surface area contributed by atoms with Gasteiger partial charge in [-0.05, 0) is 40.5 Å². The highest BCUT2D eigenvalue weighted by Crippen LogP contribution is 2.36. The molecule has 0 atom stereocenters. The first-order valence-electron chi connectivity index (χ1n) is 4.78. The van der Waals surface area contributed by atoms with Crippen molar-refractivity contribution in [3.8, 4) is 17.6 Å². The highest BCUT2D eigenvalue weighted by atomic mass is 79.9. The topological polar surface area (TPSA) is 62.5 Å². The van der Waals surface area contributed by atoms with Gasteiger partial charge in [-0.25, -0.2) is 0 Å². The lowest BCUT2D eigenvalue weighted by atomic mass is 10.2. The SMILES string of the molecule is CCOc1cc(CO)cc(Br)c1OCC#N. The molecule has 0 bridgehead atoms. The molecular formula is C11H12BrNO3. The van der Waals surface area contributed by atoms with Crippen LogP contribution < -0.4 is 9.47 Å². The minimum absolute atomic E-state index is 0.0445. The molecule has 1 N–H and O–H groups in total. The van der Waals surface area contributed by atoms with Crippen molar-refractivity contribution in [1.82, 2.24) is 0 Å². The second kappa shape index (κ2) is 6.36. The molecule has 0 aliphatic carbocycles. The number of hydrogen-bond acceptors (Lipinski definition) is 4. The van der Waals surface area contributed by atoms with Crippen LogP contribution in [-0.2, 0) is 6.61 Å². The van der Waals surface area contributed by atoms with Crippen LogP contribution in [-0.4, -0.2) is 18.3 Å². The normalized spacial score (nSPS) is 9.62. The van der Waals surface area contributed by atoms with E-state index in [2.05, 4.69) is 15.9 Å². The lowest BCUT2D eigenvalue weighted by Gasteiger charge is -2.13. The van der Waals surface area contributed by atoms with Gasteiger partial charge in [-0.1, -0.05) is 0 Å². The van der Waals surface area contributed by atoms with Crippen molar-refractivity contribution >= 4 is 15.9 Å². The summed E-state index contributed by atoms with van der Waals surface area (Å²) in [5, 5.41) is 17.5. The maximum Gasteiger partial charge on any atom is 0.176 e. The van der Waals surface area contributed by atoms with E-state index in [1.54, 1.807) is 12.1 Å². The van der Waals surface area contributed by atoms with E-state index in [4.69, 9.17) is 19.8 Å². The second-order valence-corrected chi connectivity index (χ2v) is 3.80. The van der Waals surface area contributed by atoms with Gasteiger partial charge < -0.3 is 14.6 Å². The lowest BCUT2D eigenvalue weighted by molar-refractivity contribution is 0.275. The summed E-state index contributed by atoms with van der Waals surface area (Å²) in [4.78, 5) is 0. The van der Waals surface area contributed by atoms with E-state index in [9.17, 15) is 0 Å². The van der Waals surface area contributed by atoms with Gasteiger partial charge in [-0.15, -0.1) is 0 Å². The quantitative estimate of drug-likeness (QED) is 0.901. The Bertz CT molecular complexity index is 401. The Morgan fingerprint density at radius 2 is 2.19 bits per heavy atom. The molecule has 0 saturated carbocycles. The zero-order valence-electron chi connectivity index (χ0n) is 8.86. The number of hydrogen-bond donors (Lipinski definition) is 1. The Labute approximate surface area is 103 Å². The van der Waals surface area contributed by atoms with E-state index in [0.29, 0.717) is 22.6 Å². The fourth-order valence-electron chi connectivity index (χ4n) is 1.22. The summed E-state index contributed by atoms with van der Waals surface area (Å²) in [6, 6.07) is 5.32. The molecule has 0 spiro atoms. The van der Waals surface area contributed by atoms with Gasteiger partial charge in [0.2, 0.25) is 0 Å². The Kier molecular flexibility index (Phi) is 5.09. The third-order valence-corrected chi connectivity index (χ3v) is 2.42. The highest BCUT2D eigenvalue weighted by molar-refractivity contribution is 9.10. The van der Waals surface area contributed by atoms with Gasteiger partial charge in [0.25, 0.3) is 0 Å². The number of aliphatic hydroxyl groups excluding tert-OH is 1. The van der Waals surface area contributed by atoms with Crippen molar-refractivity contribution in [2.75, 3.05) is 13.2 Å². The van der Waals surface area contributed by atoms with Crippen LogP contribution in [0.4, 0.5) is 0 Å². The minimum atomic E-state index is -0.0722. The molecule has 0 aliphatic heterocycles. The van der Waals surface area contributed by atoms with Crippen molar-refractivity contribution in [2.45, 2.75) is 13.5 Å². The van der Waals surface area contributed by atoms with Crippen molar-refractivity contribution in [2.24, 2.45) is 0 Å². The summed E-state index contributed by atoms with van der Waals surface area (Å²) in [7, 11) is 0. The zero-order chi connectivity index (χ0) is 12.0. The molecular weight excluding hydrogens is 274 g/mol. The van der Waals surface area contributed by atoms with Crippen LogP contribution in [0, 0.1) is 11.3 Å². The number of nitriles is 1. The molecule has 0 heterocycles. The maximum absolute atomic E-state index is 9.05. The van der Waals surface area contributed by atoms with Crippen LogP contribution in [0.5, 0.6) is 11.5 Å². The average molecular weight is 286 g/mol. The van der Waals surface area contributed by atoms with Crippen LogP contribution in [0.15, 0.2) is 16.6 Å². The summed E-state index contributed by atoms with van der Waals surface area (Å²) in [6.07, 6.45) is 0. The predicted molar refractivity (Wildman–Crippen MR) is 62.3 cm³/mol. The third-order valence-electron chi connectivity index (χ3n) is 1.83. The van der Waals surface area contributed by atoms with Crippen molar-refractivity contribution in [1.29, 1.82) is 5.26 Å². The standard InChI is InChI=1S/C11H12BrNO3/c1-2-15-10-6-8(7-14)5-9(12)11(10)16-4-3-13/h5-6,14H,2,4,7H2,1H3. The molecule has 0 saturated heterocycles. The number of halogens is 1. The molecule has 0 fully saturated rings. The van der Waals surface area contributed by atoms with Crippen LogP contribution in [0.3, 0.4) is 0 Å². The Balaban J connectivity index is 3.07. The van der Waals surface area contributed by atoms with E-state index in [1.807, 2.05) is 13.0 Å². The van der Waals surface area contributed by atoms with E-state index in [1.165, 1.54) is 0 Å². The fraction of sp³-hybridized carbons (Fsp3) is 0.364. The first-order chi connectivity index (χ1) is 7.72. The molecule has 1 rings (SSSR count). The summed E-state index contributed by atoms with van der Waals surface area (Å²) in [6.45, 7) is 2.23. The number of ether oxygens (including phenoxy) is 2. The molecule has 0 radical (unpaired) electrons. The predicted octanol–water partition coefficient (Wildman–Crippen LogP) is 2.24. The molecule has 1 aromatic carbocycles. The van der Waals surface area contributed by atoms with Gasteiger partial charge in [-0.3, -0.25) is 0 Å². The summed E-state index contributed by atoms with van der Waals surface area (Å²) < 4.78 is 11.3. The van der Waals surface area contributed by atoms with Gasteiger partial charge in [-0.2, -0.15) is 5.26 Å². The lowest BCUT2D eigenvalue weighted by Crippen LogP contribution is -2.01. The smallest absolute Gasteiger partial charge is 0.176 e. The molecule has 0 amide bonds. The third kappa shape index (κ3) is 3.12. The molecule has 0 aliphatic rings. The average Bonchev–Trinajstić information content (AvgIpc) is 2.28. The first-order valence-corrected chi connectivity index (χ1v) is 5.58. The van der Waals surface area contributed by atoms with E-state index in [0.717, 1.165) is 5.56 Å². The van der Waals surface area contributed by atoms with Gasteiger partial charge >= 0.3 is 0 Å². The Morgan fingerprint density at radius 1 is 1.44 bits per heavy atom. The summed E-state index contributed by atoms with van der Waals surface area (Å²) in [5.41, 5.74) is 0.722. The van der Waals surface area contributed by atoms with Crippen LogP contribution in [0.25, 0.3) is 0 Å². The van der Waals surface area contributed by atoms with Gasteiger partial charge in [0.05, 0.1) is 17.7 Å². The fourth-order valence-corrected chi connectivity index (χ4v) is 1.82. The monoisotopic (exact) mass is 285 g/mol. The van der Waals surface area contributed by atoms with Crippen molar-refractivity contribution in [3.63, 3.8) is 0 Å². The van der Waals surface area contributed by atoms with Crippen LogP contribution in [0.1, 0.15) is 12.5 Å². The minimum Gasteiger partial charge on any atom is -0.490 e. The Morgan fingerprint density at radius 3 is 2.75 bits per heavy atom. The first kappa shape index (κ1) is 12.8. The Hall–Kier alpha value is -1.25. The largest absolute Gasteiger partial charge is 0.490 e. The van der Waals surface area contributed by atoms with E-state index in [-0.39, 0.29) is 13.2 Å². The summed E-state index contributed by atoms with van der Waals surface area (Å²) >= 11 is 3.31. The number of rotatable bonds is 5. The molecule has 5 heteroatoms. The van der Waals surface area contributed by atoms with Gasteiger partial charge in [0.1, 0.15) is 6.07 Å². The highest BCUT2D eigenvalue weighted by Gasteiger charge is 2.11. The number of nitrogens with zero attached hydrogens (tertiary/aromatic N) is 1. The molecule has 0 unspecified atom stereocenters. The van der Waals surface area contributed by atoms with Crippen molar-refractivity contribution < 1.29 is 14.6 Å². The van der Waals surface area contributed by atoms with E-state index < -0.39 is 0 Å². The molecule has 16 heavy (non-hydrogen) atoms. The molecule has 86 valence electrons. The molecule has 4 nitrogen and oxygen atoms in total.